The molecule has 2 heterocycles. The highest BCUT2D eigenvalue weighted by molar-refractivity contribution is 7.11. The molecule has 1 N–H and O–H groups in total. The monoisotopic (exact) mass is 294 g/mol. The van der Waals surface area contributed by atoms with Crippen LogP contribution in [0.4, 0.5) is 0 Å². The zero-order valence-corrected chi connectivity index (χ0v) is 12.8. The second kappa shape index (κ2) is 5.72. The summed E-state index contributed by atoms with van der Waals surface area (Å²) in [5, 5.41) is 4.25. The molecule has 0 spiro atoms. The Labute approximate surface area is 120 Å². The molecule has 7 heteroatoms. The van der Waals surface area contributed by atoms with Crippen molar-refractivity contribution in [3.8, 4) is 0 Å². The lowest BCUT2D eigenvalue weighted by atomic mass is 10.3. The average Bonchev–Trinajstić information content (AvgIpc) is 2.85. The Hall–Kier alpha value is -1.73. The number of hydrogen-bond acceptors (Lipinski definition) is 5. The summed E-state index contributed by atoms with van der Waals surface area (Å²) in [6.45, 7) is 4.42. The van der Waals surface area contributed by atoms with Crippen LogP contribution in [0.1, 0.15) is 28.4 Å². The van der Waals surface area contributed by atoms with E-state index in [9.17, 15) is 9.59 Å². The van der Waals surface area contributed by atoms with Gasteiger partial charge in [0.2, 0.25) is 0 Å². The topological polar surface area (TPSA) is 68.9 Å². The summed E-state index contributed by atoms with van der Waals surface area (Å²) in [7, 11) is 3.13. The van der Waals surface area contributed by atoms with Crippen molar-refractivity contribution < 1.29 is 0 Å². The van der Waals surface area contributed by atoms with E-state index in [1.54, 1.807) is 24.6 Å². The van der Waals surface area contributed by atoms with Gasteiger partial charge in [-0.1, -0.05) is 0 Å². The van der Waals surface area contributed by atoms with Crippen molar-refractivity contribution in [2.45, 2.75) is 26.4 Å². The van der Waals surface area contributed by atoms with Gasteiger partial charge in [-0.15, -0.1) is 11.3 Å². The molecule has 0 aromatic carbocycles. The summed E-state index contributed by atoms with van der Waals surface area (Å²) in [5.41, 5.74) is -0.0137. The lowest BCUT2D eigenvalue weighted by molar-refractivity contribution is 0.556. The molecule has 2 rings (SSSR count). The summed E-state index contributed by atoms with van der Waals surface area (Å²) < 4.78 is 2.53. The van der Waals surface area contributed by atoms with E-state index in [-0.39, 0.29) is 17.3 Å². The number of aryl methyl sites for hydroxylation is 2. The molecule has 0 aliphatic heterocycles. The Morgan fingerprint density at radius 1 is 1.40 bits per heavy atom. The Kier molecular flexibility index (Phi) is 4.20. The maximum absolute atomic E-state index is 12.0. The van der Waals surface area contributed by atoms with Crippen LogP contribution in [0.5, 0.6) is 0 Å². The molecule has 2 aromatic rings. The predicted molar refractivity (Wildman–Crippen MR) is 79.0 cm³/mol. The van der Waals surface area contributed by atoms with Crippen molar-refractivity contribution in [1.82, 2.24) is 19.4 Å². The van der Waals surface area contributed by atoms with Gasteiger partial charge in [0.15, 0.2) is 0 Å². The van der Waals surface area contributed by atoms with Crippen molar-refractivity contribution in [2.75, 3.05) is 0 Å². The normalized spacial score (nSPS) is 12.6. The van der Waals surface area contributed by atoms with Gasteiger partial charge >= 0.3 is 5.69 Å². The highest BCUT2D eigenvalue weighted by atomic mass is 32.1. The second-order valence-corrected chi connectivity index (χ2v) is 6.09. The van der Waals surface area contributed by atoms with Crippen LogP contribution in [-0.2, 0) is 20.6 Å². The SMILES string of the molecule is Cc1cnc(C(C)NCc2cn(C)c(=O)n(C)c2=O)s1. The van der Waals surface area contributed by atoms with Crippen LogP contribution >= 0.6 is 11.3 Å². The van der Waals surface area contributed by atoms with Gasteiger partial charge in [0, 0.05) is 43.5 Å². The molecule has 1 unspecified atom stereocenters. The van der Waals surface area contributed by atoms with E-state index in [1.807, 2.05) is 20.0 Å². The Bertz CT molecular complexity index is 729. The molecule has 0 bridgehead atoms. The molecule has 0 aliphatic rings. The molecule has 6 nitrogen and oxygen atoms in total. The van der Waals surface area contributed by atoms with Gasteiger partial charge in [0.1, 0.15) is 5.01 Å². The number of thiazole rings is 1. The summed E-state index contributed by atoms with van der Waals surface area (Å²) >= 11 is 1.63. The van der Waals surface area contributed by atoms with Crippen LogP contribution in [0.3, 0.4) is 0 Å². The van der Waals surface area contributed by atoms with Crippen LogP contribution in [0.25, 0.3) is 0 Å². The van der Waals surface area contributed by atoms with Crippen LogP contribution in [0, 0.1) is 6.92 Å². The number of nitrogens with zero attached hydrogens (tertiary/aromatic N) is 3. The first-order valence-corrected chi connectivity index (χ1v) is 7.13. The first kappa shape index (κ1) is 14.7. The van der Waals surface area contributed by atoms with Crippen molar-refractivity contribution in [3.05, 3.63) is 48.7 Å². The molecule has 0 saturated heterocycles. The Balaban J connectivity index is 2.16. The fourth-order valence-corrected chi connectivity index (χ4v) is 2.73. The minimum absolute atomic E-state index is 0.0654. The summed E-state index contributed by atoms with van der Waals surface area (Å²) in [6, 6.07) is 0.0654. The van der Waals surface area contributed by atoms with Crippen molar-refractivity contribution in [1.29, 1.82) is 0 Å². The predicted octanol–water partition coefficient (Wildman–Crippen LogP) is 0.700. The molecule has 0 radical (unpaired) electrons. The zero-order chi connectivity index (χ0) is 14.9. The third-order valence-electron chi connectivity index (χ3n) is 3.13. The van der Waals surface area contributed by atoms with Crippen LogP contribution < -0.4 is 16.6 Å². The molecular weight excluding hydrogens is 276 g/mol. The van der Waals surface area contributed by atoms with Gasteiger partial charge in [-0.05, 0) is 13.8 Å². The molecule has 20 heavy (non-hydrogen) atoms. The van der Waals surface area contributed by atoms with E-state index in [1.165, 1.54) is 11.6 Å². The van der Waals surface area contributed by atoms with Crippen molar-refractivity contribution >= 4 is 11.3 Å². The molecular formula is C13H18N4O2S. The second-order valence-electron chi connectivity index (χ2n) is 4.82. The molecule has 1 atom stereocenters. The van der Waals surface area contributed by atoms with Crippen molar-refractivity contribution in [2.24, 2.45) is 14.1 Å². The van der Waals surface area contributed by atoms with Gasteiger partial charge < -0.3 is 9.88 Å². The molecule has 0 amide bonds. The Morgan fingerprint density at radius 3 is 2.70 bits per heavy atom. The first-order chi connectivity index (χ1) is 9.40. The van der Waals surface area contributed by atoms with Gasteiger partial charge in [-0.25, -0.2) is 9.78 Å². The first-order valence-electron chi connectivity index (χ1n) is 6.31. The molecule has 0 aliphatic carbocycles. The summed E-state index contributed by atoms with van der Waals surface area (Å²) in [4.78, 5) is 29.1. The number of rotatable bonds is 4. The fraction of sp³-hybridized carbons (Fsp3) is 0.462. The van der Waals surface area contributed by atoms with E-state index in [2.05, 4.69) is 10.3 Å². The molecule has 108 valence electrons. The quantitative estimate of drug-likeness (QED) is 0.901. The molecule has 0 fully saturated rings. The Morgan fingerprint density at radius 2 is 2.10 bits per heavy atom. The minimum Gasteiger partial charge on any atom is -0.304 e. The van der Waals surface area contributed by atoms with E-state index in [0.29, 0.717) is 12.1 Å². The smallest absolute Gasteiger partial charge is 0.304 e. The van der Waals surface area contributed by atoms with Crippen LogP contribution in [0.15, 0.2) is 22.0 Å². The lowest BCUT2D eigenvalue weighted by Crippen LogP contribution is -2.39. The third kappa shape index (κ3) is 2.88. The van der Waals surface area contributed by atoms with E-state index >= 15 is 0 Å². The molecule has 0 saturated carbocycles. The fourth-order valence-electron chi connectivity index (χ4n) is 1.93. The van der Waals surface area contributed by atoms with Gasteiger partial charge in [0.05, 0.1) is 6.04 Å². The lowest BCUT2D eigenvalue weighted by Gasteiger charge is -2.12. The summed E-state index contributed by atoms with van der Waals surface area (Å²) in [6.07, 6.45) is 3.42. The van der Waals surface area contributed by atoms with Crippen LogP contribution in [0.2, 0.25) is 0 Å². The zero-order valence-electron chi connectivity index (χ0n) is 12.0. The standard InChI is InChI=1S/C13H18N4O2S/c1-8-5-15-11(20-8)9(2)14-6-10-7-16(3)13(19)17(4)12(10)18/h5,7,9,14H,6H2,1-4H3. The number of nitrogens with one attached hydrogen (secondary N) is 1. The molecule has 2 aromatic heterocycles. The van der Waals surface area contributed by atoms with Gasteiger partial charge in [0.25, 0.3) is 5.56 Å². The maximum atomic E-state index is 12.0. The number of aromatic nitrogens is 3. The summed E-state index contributed by atoms with van der Waals surface area (Å²) in [5.74, 6) is 0. The largest absolute Gasteiger partial charge is 0.330 e. The van der Waals surface area contributed by atoms with Gasteiger partial charge in [-0.3, -0.25) is 9.36 Å². The third-order valence-corrected chi connectivity index (χ3v) is 4.22. The minimum atomic E-state index is -0.317. The maximum Gasteiger partial charge on any atom is 0.330 e. The van der Waals surface area contributed by atoms with Crippen molar-refractivity contribution in [3.63, 3.8) is 0 Å². The van der Waals surface area contributed by atoms with Gasteiger partial charge in [-0.2, -0.15) is 0 Å². The number of hydrogen-bond donors (Lipinski definition) is 1. The highest BCUT2D eigenvalue weighted by Gasteiger charge is 2.11. The highest BCUT2D eigenvalue weighted by Crippen LogP contribution is 2.18. The van der Waals surface area contributed by atoms with E-state index in [4.69, 9.17) is 0 Å². The van der Waals surface area contributed by atoms with E-state index in [0.717, 1.165) is 14.5 Å². The average molecular weight is 294 g/mol. The van der Waals surface area contributed by atoms with E-state index < -0.39 is 0 Å². The van der Waals surface area contributed by atoms with Crippen LogP contribution in [-0.4, -0.2) is 14.1 Å².